The van der Waals surface area contributed by atoms with Crippen molar-refractivity contribution >= 4 is 5.91 Å². The fourth-order valence-corrected chi connectivity index (χ4v) is 3.11. The van der Waals surface area contributed by atoms with Crippen molar-refractivity contribution in [3.63, 3.8) is 0 Å². The molecule has 0 N–H and O–H groups in total. The van der Waals surface area contributed by atoms with E-state index in [0.29, 0.717) is 17.2 Å². The molecule has 0 radical (unpaired) electrons. The molecule has 1 aromatic carbocycles. The molecular formula is C19H21N5O3. The van der Waals surface area contributed by atoms with Gasteiger partial charge in [-0.2, -0.15) is 5.10 Å². The van der Waals surface area contributed by atoms with Crippen molar-refractivity contribution in [1.29, 1.82) is 0 Å². The fraction of sp³-hybridized carbons (Fsp3) is 0.368. The smallest absolute Gasteiger partial charge is 0.276 e. The number of carbonyl (C=O) groups is 1. The van der Waals surface area contributed by atoms with Crippen LogP contribution in [0.5, 0.6) is 5.75 Å². The van der Waals surface area contributed by atoms with E-state index < -0.39 is 0 Å². The highest BCUT2D eigenvalue weighted by molar-refractivity contribution is 5.92. The molecule has 0 saturated carbocycles. The Morgan fingerprint density at radius 3 is 2.59 bits per heavy atom. The molecule has 0 bridgehead atoms. The number of nitrogens with zero attached hydrogens (tertiary/aromatic N) is 5. The van der Waals surface area contributed by atoms with Gasteiger partial charge in [-0.15, -0.1) is 0 Å². The lowest BCUT2D eigenvalue weighted by Gasteiger charge is -2.18. The average Bonchev–Trinajstić information content (AvgIpc) is 3.33. The highest BCUT2D eigenvalue weighted by atomic mass is 16.5. The summed E-state index contributed by atoms with van der Waals surface area (Å²) < 4.78 is 12.7. The molecular weight excluding hydrogens is 346 g/mol. The van der Waals surface area contributed by atoms with Gasteiger partial charge in [-0.05, 0) is 37.1 Å². The molecule has 1 saturated heterocycles. The highest BCUT2D eigenvalue weighted by Crippen LogP contribution is 2.17. The van der Waals surface area contributed by atoms with Gasteiger partial charge in [-0.1, -0.05) is 18.0 Å². The van der Waals surface area contributed by atoms with E-state index in [-0.39, 0.29) is 12.5 Å². The van der Waals surface area contributed by atoms with Crippen molar-refractivity contribution in [2.24, 2.45) is 0 Å². The van der Waals surface area contributed by atoms with Gasteiger partial charge < -0.3 is 14.2 Å². The molecule has 4 rings (SSSR count). The van der Waals surface area contributed by atoms with Gasteiger partial charge in [0.2, 0.25) is 0 Å². The second-order valence-corrected chi connectivity index (χ2v) is 6.51. The summed E-state index contributed by atoms with van der Waals surface area (Å²) in [4.78, 5) is 18.3. The first kappa shape index (κ1) is 17.3. The predicted octanol–water partition coefficient (Wildman–Crippen LogP) is 2.85. The monoisotopic (exact) mass is 367 g/mol. The summed E-state index contributed by atoms with van der Waals surface area (Å²) in [6.45, 7) is 1.79. The quantitative estimate of drug-likeness (QED) is 0.689. The van der Waals surface area contributed by atoms with E-state index in [2.05, 4.69) is 15.2 Å². The Bertz CT molecular complexity index is 865. The first-order valence-corrected chi connectivity index (χ1v) is 9.12. The summed E-state index contributed by atoms with van der Waals surface area (Å²) in [5, 5.41) is 8.00. The van der Waals surface area contributed by atoms with Gasteiger partial charge in [0, 0.05) is 19.2 Å². The molecule has 1 aliphatic rings. The van der Waals surface area contributed by atoms with Crippen molar-refractivity contribution in [2.75, 3.05) is 13.1 Å². The highest BCUT2D eigenvalue weighted by Gasteiger charge is 2.21. The zero-order valence-corrected chi connectivity index (χ0v) is 15.0. The Labute approximate surface area is 156 Å². The molecule has 3 heterocycles. The number of likely N-dealkylation sites (tertiary alicyclic amines) is 1. The Kier molecular flexibility index (Phi) is 5.13. The van der Waals surface area contributed by atoms with Crippen LogP contribution >= 0.6 is 0 Å². The van der Waals surface area contributed by atoms with E-state index in [1.807, 2.05) is 29.2 Å². The normalized spacial score (nSPS) is 14.7. The van der Waals surface area contributed by atoms with Crippen LogP contribution in [0, 0.1) is 0 Å². The van der Waals surface area contributed by atoms with Crippen LogP contribution in [-0.2, 0) is 6.61 Å². The minimum Gasteiger partial charge on any atom is -0.486 e. The van der Waals surface area contributed by atoms with Crippen LogP contribution < -0.4 is 4.74 Å². The number of rotatable bonds is 5. The molecule has 2 aromatic heterocycles. The van der Waals surface area contributed by atoms with Crippen LogP contribution in [0.1, 0.15) is 41.9 Å². The summed E-state index contributed by atoms with van der Waals surface area (Å²) in [7, 11) is 0. The van der Waals surface area contributed by atoms with Crippen LogP contribution in [0.25, 0.3) is 5.69 Å². The van der Waals surface area contributed by atoms with Gasteiger partial charge in [0.25, 0.3) is 5.91 Å². The maximum Gasteiger partial charge on any atom is 0.276 e. The maximum absolute atomic E-state index is 12.5. The van der Waals surface area contributed by atoms with E-state index >= 15 is 0 Å². The molecule has 140 valence electrons. The van der Waals surface area contributed by atoms with Crippen LogP contribution in [0.4, 0.5) is 0 Å². The van der Waals surface area contributed by atoms with Gasteiger partial charge in [0.15, 0.2) is 11.5 Å². The molecule has 1 fully saturated rings. The summed E-state index contributed by atoms with van der Waals surface area (Å²) >= 11 is 0. The van der Waals surface area contributed by atoms with E-state index in [1.54, 1.807) is 17.1 Å². The molecule has 1 aliphatic heterocycles. The lowest BCUT2D eigenvalue weighted by atomic mass is 10.2. The fourth-order valence-electron chi connectivity index (χ4n) is 3.11. The summed E-state index contributed by atoms with van der Waals surface area (Å²) in [6.07, 6.45) is 7.56. The number of ether oxygens (including phenoxy) is 1. The molecule has 27 heavy (non-hydrogen) atoms. The van der Waals surface area contributed by atoms with Crippen molar-refractivity contribution in [3.8, 4) is 11.4 Å². The van der Waals surface area contributed by atoms with Crippen LogP contribution in [0.3, 0.4) is 0 Å². The third kappa shape index (κ3) is 4.16. The molecule has 0 unspecified atom stereocenters. The van der Waals surface area contributed by atoms with Gasteiger partial charge >= 0.3 is 0 Å². The molecule has 3 aromatic rings. The second kappa shape index (κ2) is 8.03. The predicted molar refractivity (Wildman–Crippen MR) is 96.6 cm³/mol. The third-order valence-corrected chi connectivity index (χ3v) is 4.57. The van der Waals surface area contributed by atoms with Crippen molar-refractivity contribution in [1.82, 2.24) is 24.8 Å². The van der Waals surface area contributed by atoms with E-state index in [1.165, 1.54) is 19.2 Å². The van der Waals surface area contributed by atoms with Crippen molar-refractivity contribution < 1.29 is 14.1 Å². The number of amides is 1. The summed E-state index contributed by atoms with van der Waals surface area (Å²) in [6, 6.07) is 9.13. The SMILES string of the molecule is O=C(c1cc(COc2ccc(-n3cncn3)cc2)on1)N1CCCCCC1. The zero-order valence-electron chi connectivity index (χ0n) is 15.0. The number of hydrogen-bond acceptors (Lipinski definition) is 6. The van der Waals surface area contributed by atoms with Crippen LogP contribution in [-0.4, -0.2) is 43.8 Å². The van der Waals surface area contributed by atoms with E-state index in [0.717, 1.165) is 31.6 Å². The first-order valence-electron chi connectivity index (χ1n) is 9.12. The minimum absolute atomic E-state index is 0.0657. The van der Waals surface area contributed by atoms with Crippen molar-refractivity contribution in [3.05, 3.63) is 54.4 Å². The third-order valence-electron chi connectivity index (χ3n) is 4.57. The zero-order chi connectivity index (χ0) is 18.5. The Morgan fingerprint density at radius 2 is 1.89 bits per heavy atom. The van der Waals surface area contributed by atoms with Crippen LogP contribution in [0.2, 0.25) is 0 Å². The lowest BCUT2D eigenvalue weighted by Crippen LogP contribution is -2.32. The number of carbonyl (C=O) groups excluding carboxylic acids is 1. The molecule has 0 spiro atoms. The van der Waals surface area contributed by atoms with Gasteiger partial charge in [-0.3, -0.25) is 4.79 Å². The minimum atomic E-state index is -0.0657. The van der Waals surface area contributed by atoms with Gasteiger partial charge in [-0.25, -0.2) is 9.67 Å². The topological polar surface area (TPSA) is 86.3 Å². The summed E-state index contributed by atoms with van der Waals surface area (Å²) in [5.41, 5.74) is 1.24. The number of benzene rings is 1. The van der Waals surface area contributed by atoms with E-state index in [4.69, 9.17) is 9.26 Å². The molecule has 1 amide bonds. The molecule has 0 aliphatic carbocycles. The first-order chi connectivity index (χ1) is 13.3. The molecule has 8 nitrogen and oxygen atoms in total. The van der Waals surface area contributed by atoms with Gasteiger partial charge in [0.1, 0.15) is 25.0 Å². The van der Waals surface area contributed by atoms with Gasteiger partial charge in [0.05, 0.1) is 5.69 Å². The lowest BCUT2D eigenvalue weighted by molar-refractivity contribution is 0.0751. The average molecular weight is 367 g/mol. The summed E-state index contributed by atoms with van der Waals surface area (Å²) in [5.74, 6) is 1.15. The van der Waals surface area contributed by atoms with E-state index in [9.17, 15) is 4.79 Å². The Hall–Kier alpha value is -3.16. The van der Waals surface area contributed by atoms with Crippen molar-refractivity contribution in [2.45, 2.75) is 32.3 Å². The maximum atomic E-state index is 12.5. The largest absolute Gasteiger partial charge is 0.486 e. The Balaban J connectivity index is 1.34. The number of aromatic nitrogens is 4. The molecule has 0 atom stereocenters. The Morgan fingerprint density at radius 1 is 1.11 bits per heavy atom. The van der Waals surface area contributed by atoms with Crippen LogP contribution in [0.15, 0.2) is 47.5 Å². The number of hydrogen-bond donors (Lipinski definition) is 0. The second-order valence-electron chi connectivity index (χ2n) is 6.51. The molecule has 8 heteroatoms. The standard InChI is InChI=1S/C19H21N5O3/c25-19(23-9-3-1-2-4-10-23)18-11-17(27-22-18)12-26-16-7-5-15(6-8-16)24-14-20-13-21-24/h5-8,11,13-14H,1-4,9-10,12H2.